The molecule has 0 spiro atoms. The van der Waals surface area contributed by atoms with E-state index in [1.54, 1.807) is 21.8 Å². The first kappa shape index (κ1) is 18.4. The normalized spacial score (nSPS) is 12.3. The molecule has 0 fully saturated rings. The van der Waals surface area contributed by atoms with E-state index in [9.17, 15) is 4.79 Å². The van der Waals surface area contributed by atoms with Crippen LogP contribution in [0.5, 0.6) is 0 Å². The van der Waals surface area contributed by atoms with Crippen LogP contribution in [0.4, 0.5) is 5.69 Å². The molecule has 0 saturated heterocycles. The Kier molecular flexibility index (Phi) is 5.26. The van der Waals surface area contributed by atoms with Crippen LogP contribution >= 0.6 is 15.9 Å². The van der Waals surface area contributed by atoms with Gasteiger partial charge in [0.25, 0.3) is 0 Å². The molecule has 0 aliphatic carbocycles. The van der Waals surface area contributed by atoms with Crippen molar-refractivity contribution >= 4 is 27.5 Å². The number of aryl methyl sites for hydroxylation is 1. The van der Waals surface area contributed by atoms with Crippen LogP contribution in [-0.2, 0) is 17.9 Å². The molecule has 0 radical (unpaired) electrons. The van der Waals surface area contributed by atoms with Crippen molar-refractivity contribution in [3.63, 3.8) is 0 Å². The van der Waals surface area contributed by atoms with Gasteiger partial charge in [-0.3, -0.25) is 18.8 Å². The van der Waals surface area contributed by atoms with Crippen molar-refractivity contribution in [2.75, 3.05) is 5.32 Å². The van der Waals surface area contributed by atoms with E-state index in [0.29, 0.717) is 12.2 Å². The quantitative estimate of drug-likeness (QED) is 0.665. The number of hydrogen-bond donors (Lipinski definition) is 1. The van der Waals surface area contributed by atoms with Gasteiger partial charge < -0.3 is 5.32 Å². The van der Waals surface area contributed by atoms with E-state index in [4.69, 9.17) is 0 Å². The van der Waals surface area contributed by atoms with E-state index >= 15 is 0 Å². The number of nitrogens with one attached hydrogen (secondary N) is 1. The Balaban J connectivity index is 1.67. The number of hydrogen-bond acceptors (Lipinski definition) is 4. The molecular formula is C17H22BrN7O. The van der Waals surface area contributed by atoms with Crippen LogP contribution < -0.4 is 5.32 Å². The zero-order valence-electron chi connectivity index (χ0n) is 15.3. The molecule has 0 aromatic carbocycles. The third-order valence-corrected chi connectivity index (χ3v) is 5.25. The van der Waals surface area contributed by atoms with Crippen LogP contribution in [0.1, 0.15) is 36.8 Å². The smallest absolute Gasteiger partial charge is 0.249 e. The Bertz CT molecular complexity index is 924. The number of carbonyl (C=O) groups excluding carboxylic acids is 1. The Morgan fingerprint density at radius 2 is 1.96 bits per heavy atom. The monoisotopic (exact) mass is 419 g/mol. The number of aromatic nitrogens is 6. The third-order valence-electron chi connectivity index (χ3n) is 4.47. The van der Waals surface area contributed by atoms with Crippen LogP contribution in [0.2, 0.25) is 0 Å². The molecule has 138 valence electrons. The van der Waals surface area contributed by atoms with E-state index in [1.807, 2.05) is 37.8 Å². The summed E-state index contributed by atoms with van der Waals surface area (Å²) in [6.45, 7) is 9.29. The number of anilines is 1. The number of carbonyl (C=O) groups is 1. The maximum atomic E-state index is 12.5. The summed E-state index contributed by atoms with van der Waals surface area (Å²) in [6.07, 6.45) is 7.02. The van der Waals surface area contributed by atoms with Gasteiger partial charge in [0.15, 0.2) is 0 Å². The molecule has 1 atom stereocenters. The fourth-order valence-corrected chi connectivity index (χ4v) is 3.07. The molecule has 0 bridgehead atoms. The lowest BCUT2D eigenvalue weighted by Gasteiger charge is -2.13. The summed E-state index contributed by atoms with van der Waals surface area (Å²) >= 11 is 3.41. The third kappa shape index (κ3) is 3.57. The molecule has 3 aromatic heterocycles. The van der Waals surface area contributed by atoms with Gasteiger partial charge in [0, 0.05) is 24.0 Å². The molecule has 9 heteroatoms. The van der Waals surface area contributed by atoms with Gasteiger partial charge in [0.2, 0.25) is 5.91 Å². The summed E-state index contributed by atoms with van der Waals surface area (Å²) in [7, 11) is 0. The molecule has 3 heterocycles. The fourth-order valence-electron chi connectivity index (χ4n) is 2.80. The van der Waals surface area contributed by atoms with Crippen LogP contribution in [0.25, 0.3) is 0 Å². The van der Waals surface area contributed by atoms with Crippen LogP contribution in [0, 0.1) is 13.8 Å². The zero-order valence-corrected chi connectivity index (χ0v) is 16.9. The molecule has 8 nitrogen and oxygen atoms in total. The lowest BCUT2D eigenvalue weighted by Crippen LogP contribution is -2.25. The minimum Gasteiger partial charge on any atom is -0.322 e. The van der Waals surface area contributed by atoms with Crippen LogP contribution in [-0.4, -0.2) is 35.2 Å². The summed E-state index contributed by atoms with van der Waals surface area (Å²) in [6, 6.07) is -0.422. The first-order valence-corrected chi connectivity index (χ1v) is 9.24. The first-order valence-electron chi connectivity index (χ1n) is 8.45. The van der Waals surface area contributed by atoms with Crippen LogP contribution in [0.3, 0.4) is 0 Å². The van der Waals surface area contributed by atoms with E-state index in [0.717, 1.165) is 28.0 Å². The molecule has 1 unspecified atom stereocenters. The predicted octanol–water partition coefficient (Wildman–Crippen LogP) is 2.92. The fraction of sp³-hybridized carbons (Fsp3) is 0.412. The highest BCUT2D eigenvalue weighted by Crippen LogP contribution is 2.19. The van der Waals surface area contributed by atoms with Crippen molar-refractivity contribution in [2.24, 2.45) is 0 Å². The molecule has 3 aromatic rings. The van der Waals surface area contributed by atoms with Crippen molar-refractivity contribution in [1.82, 2.24) is 29.3 Å². The maximum absolute atomic E-state index is 12.5. The Morgan fingerprint density at radius 3 is 2.58 bits per heavy atom. The molecule has 0 saturated carbocycles. The minimum atomic E-state index is -0.422. The van der Waals surface area contributed by atoms with Crippen molar-refractivity contribution in [1.29, 1.82) is 0 Å². The Morgan fingerprint density at radius 1 is 1.19 bits per heavy atom. The number of halogens is 1. The SMILES string of the molecule is CCn1ncc(Cn2cc(NC(=O)C(C)n3ncc(Br)c3C)cn2)c1C. The van der Waals surface area contributed by atoms with Gasteiger partial charge in [-0.05, 0) is 43.6 Å². The van der Waals surface area contributed by atoms with Gasteiger partial charge in [-0.1, -0.05) is 0 Å². The number of nitrogens with zero attached hydrogens (tertiary/aromatic N) is 6. The molecular weight excluding hydrogens is 398 g/mol. The Hall–Kier alpha value is -2.42. The van der Waals surface area contributed by atoms with Crippen molar-refractivity contribution in [3.8, 4) is 0 Å². The van der Waals surface area contributed by atoms with Crippen LogP contribution in [0.15, 0.2) is 29.3 Å². The van der Waals surface area contributed by atoms with Gasteiger partial charge in [-0.2, -0.15) is 15.3 Å². The predicted molar refractivity (Wildman–Crippen MR) is 102 cm³/mol. The average molecular weight is 420 g/mol. The molecule has 1 amide bonds. The standard InChI is InChI=1S/C17H22BrN7O/c1-5-24-11(2)14(6-20-24)9-23-10-15(7-19-23)22-17(26)13(4)25-12(3)16(18)8-21-25/h6-8,10,13H,5,9H2,1-4H3,(H,22,26). The lowest BCUT2D eigenvalue weighted by atomic mass is 10.2. The van der Waals surface area contributed by atoms with Gasteiger partial charge in [0.05, 0.1) is 41.0 Å². The van der Waals surface area contributed by atoms with E-state index in [2.05, 4.69) is 43.5 Å². The molecule has 0 aliphatic heterocycles. The van der Waals surface area contributed by atoms with E-state index in [-0.39, 0.29) is 5.91 Å². The minimum absolute atomic E-state index is 0.141. The van der Waals surface area contributed by atoms with Crippen molar-refractivity contribution in [2.45, 2.75) is 46.8 Å². The van der Waals surface area contributed by atoms with E-state index < -0.39 is 6.04 Å². The van der Waals surface area contributed by atoms with E-state index in [1.165, 1.54) is 0 Å². The summed E-state index contributed by atoms with van der Waals surface area (Å²) in [5, 5.41) is 15.8. The van der Waals surface area contributed by atoms with Gasteiger partial charge in [0.1, 0.15) is 6.04 Å². The lowest BCUT2D eigenvalue weighted by molar-refractivity contribution is -0.119. The summed E-state index contributed by atoms with van der Waals surface area (Å²) in [5.41, 5.74) is 3.80. The maximum Gasteiger partial charge on any atom is 0.249 e. The summed E-state index contributed by atoms with van der Waals surface area (Å²) < 4.78 is 6.31. The van der Waals surface area contributed by atoms with Gasteiger partial charge >= 0.3 is 0 Å². The zero-order chi connectivity index (χ0) is 18.8. The molecule has 1 N–H and O–H groups in total. The average Bonchev–Trinajstić information content (AvgIpc) is 3.30. The first-order chi connectivity index (χ1) is 12.4. The summed E-state index contributed by atoms with van der Waals surface area (Å²) in [4.78, 5) is 12.5. The van der Waals surface area contributed by atoms with Crippen molar-refractivity contribution in [3.05, 3.63) is 46.2 Å². The number of amides is 1. The topological polar surface area (TPSA) is 82.6 Å². The highest BCUT2D eigenvalue weighted by Gasteiger charge is 2.19. The Labute approximate surface area is 160 Å². The second-order valence-electron chi connectivity index (χ2n) is 6.19. The molecule has 3 rings (SSSR count). The largest absolute Gasteiger partial charge is 0.322 e. The highest BCUT2D eigenvalue weighted by atomic mass is 79.9. The number of rotatable bonds is 6. The highest BCUT2D eigenvalue weighted by molar-refractivity contribution is 9.10. The van der Waals surface area contributed by atoms with Gasteiger partial charge in [-0.25, -0.2) is 0 Å². The molecule has 26 heavy (non-hydrogen) atoms. The molecule has 0 aliphatic rings. The second kappa shape index (κ2) is 7.45. The van der Waals surface area contributed by atoms with Gasteiger partial charge in [-0.15, -0.1) is 0 Å². The summed E-state index contributed by atoms with van der Waals surface area (Å²) in [5.74, 6) is -0.141. The second-order valence-corrected chi connectivity index (χ2v) is 7.04. The van der Waals surface area contributed by atoms with Crippen molar-refractivity contribution < 1.29 is 4.79 Å².